The zero-order chi connectivity index (χ0) is 19.6. The number of aryl methyl sites for hydroxylation is 1. The lowest BCUT2D eigenvalue weighted by molar-refractivity contribution is 0.307. The van der Waals surface area contributed by atoms with E-state index >= 15 is 0 Å². The van der Waals surface area contributed by atoms with Gasteiger partial charge >= 0.3 is 0 Å². The Labute approximate surface area is 159 Å². The third-order valence-corrected chi connectivity index (χ3v) is 7.31. The Morgan fingerprint density at radius 3 is 2.27 bits per heavy atom. The summed E-state index contributed by atoms with van der Waals surface area (Å²) in [6.45, 7) is 8.08. The van der Waals surface area contributed by atoms with Gasteiger partial charge in [-0.25, -0.2) is 8.42 Å². The first-order valence-electron chi connectivity index (χ1n) is 9.84. The van der Waals surface area contributed by atoms with Crippen LogP contribution in [0.25, 0.3) is 0 Å². The van der Waals surface area contributed by atoms with Gasteiger partial charge in [-0.2, -0.15) is 0 Å². The highest BCUT2D eigenvalue weighted by atomic mass is 32.2. The van der Waals surface area contributed by atoms with Gasteiger partial charge in [0.15, 0.2) is 9.84 Å². The van der Waals surface area contributed by atoms with Crippen LogP contribution in [0.1, 0.15) is 78.2 Å². The van der Waals surface area contributed by atoms with Crippen LogP contribution >= 0.6 is 0 Å². The Morgan fingerprint density at radius 1 is 1.00 bits per heavy atom. The Kier molecular flexibility index (Phi) is 9.48. The van der Waals surface area contributed by atoms with Crippen molar-refractivity contribution in [2.45, 2.75) is 83.8 Å². The molecule has 0 amide bonds. The van der Waals surface area contributed by atoms with Gasteiger partial charge in [0, 0.05) is 6.07 Å². The average molecular weight is 385 g/mol. The molecule has 0 saturated carbocycles. The molecule has 1 rings (SSSR count). The van der Waals surface area contributed by atoms with Crippen LogP contribution in [0.3, 0.4) is 0 Å². The van der Waals surface area contributed by atoms with E-state index in [0.717, 1.165) is 62.7 Å². The van der Waals surface area contributed by atoms with Gasteiger partial charge in [-0.3, -0.25) is 0 Å². The molecule has 0 atom stereocenters. The first-order valence-corrected chi connectivity index (χ1v) is 11.5. The summed E-state index contributed by atoms with van der Waals surface area (Å²) in [4.78, 5) is 0. The molecule has 0 fully saturated rings. The average Bonchev–Trinajstić information content (AvgIpc) is 2.54. The molecule has 1 aromatic carbocycles. The highest BCUT2D eigenvalue weighted by Gasteiger charge is 2.27. The van der Waals surface area contributed by atoms with Crippen molar-refractivity contribution in [2.24, 2.45) is 0 Å². The zero-order valence-corrected chi connectivity index (χ0v) is 17.7. The van der Waals surface area contributed by atoms with Gasteiger partial charge in [0.1, 0.15) is 11.5 Å². The second-order valence-corrected chi connectivity index (χ2v) is 10.8. The predicted octanol–water partition coefficient (Wildman–Crippen LogP) is 5.28. The largest absolute Gasteiger partial charge is 0.508 e. The van der Waals surface area contributed by atoms with E-state index in [9.17, 15) is 13.5 Å². The molecule has 150 valence electrons. The van der Waals surface area contributed by atoms with Crippen LogP contribution in [0.5, 0.6) is 11.5 Å². The molecule has 0 radical (unpaired) electrons. The van der Waals surface area contributed by atoms with E-state index in [0.29, 0.717) is 12.4 Å². The van der Waals surface area contributed by atoms with Crippen LogP contribution in [-0.4, -0.2) is 30.6 Å². The van der Waals surface area contributed by atoms with Gasteiger partial charge in [0.2, 0.25) is 0 Å². The maximum absolute atomic E-state index is 12.0. The van der Waals surface area contributed by atoms with E-state index in [4.69, 9.17) is 4.74 Å². The van der Waals surface area contributed by atoms with Crippen LogP contribution in [0.4, 0.5) is 0 Å². The molecule has 0 aliphatic heterocycles. The number of ether oxygens (including phenoxy) is 1. The van der Waals surface area contributed by atoms with Gasteiger partial charge in [0.25, 0.3) is 0 Å². The van der Waals surface area contributed by atoms with Crippen molar-refractivity contribution in [1.29, 1.82) is 0 Å². The first-order chi connectivity index (χ1) is 12.2. The topological polar surface area (TPSA) is 63.6 Å². The van der Waals surface area contributed by atoms with Crippen LogP contribution < -0.4 is 4.74 Å². The molecule has 0 unspecified atom stereocenters. The summed E-state index contributed by atoms with van der Waals surface area (Å²) in [5, 5.41) is 10.1. The zero-order valence-electron chi connectivity index (χ0n) is 16.9. The third kappa shape index (κ3) is 7.98. The van der Waals surface area contributed by atoms with Gasteiger partial charge in [-0.1, -0.05) is 38.7 Å². The molecular weight excluding hydrogens is 348 g/mol. The molecule has 0 bridgehead atoms. The van der Waals surface area contributed by atoms with Crippen molar-refractivity contribution < 1.29 is 18.3 Å². The van der Waals surface area contributed by atoms with Crippen molar-refractivity contribution in [1.82, 2.24) is 0 Å². The van der Waals surface area contributed by atoms with Crippen LogP contribution in [-0.2, 0) is 16.3 Å². The van der Waals surface area contributed by atoms with Crippen LogP contribution in [0, 0.1) is 0 Å². The lowest BCUT2D eigenvalue weighted by Crippen LogP contribution is -2.30. The lowest BCUT2D eigenvalue weighted by atomic mass is 10.0. The summed E-state index contributed by atoms with van der Waals surface area (Å²) in [7, 11) is -3.00. The fraction of sp³-hybridized carbons (Fsp3) is 0.714. The molecule has 5 heteroatoms. The summed E-state index contributed by atoms with van der Waals surface area (Å²) >= 11 is 0. The molecule has 0 aliphatic carbocycles. The Morgan fingerprint density at radius 2 is 1.65 bits per heavy atom. The van der Waals surface area contributed by atoms with E-state index in [1.807, 2.05) is 12.1 Å². The minimum absolute atomic E-state index is 0.275. The fourth-order valence-corrected chi connectivity index (χ4v) is 3.82. The normalized spacial score (nSPS) is 12.3. The van der Waals surface area contributed by atoms with Gasteiger partial charge in [-0.15, -0.1) is 0 Å². The molecule has 26 heavy (non-hydrogen) atoms. The first kappa shape index (κ1) is 22.8. The number of rotatable bonds is 12. The Bertz CT molecular complexity index is 630. The molecule has 0 spiro atoms. The molecule has 4 nitrogen and oxygen atoms in total. The number of unbranched alkanes of at least 4 members (excludes halogenated alkanes) is 5. The van der Waals surface area contributed by atoms with Crippen LogP contribution in [0.2, 0.25) is 0 Å². The van der Waals surface area contributed by atoms with E-state index in [-0.39, 0.29) is 5.75 Å². The molecule has 0 aliphatic rings. The summed E-state index contributed by atoms with van der Waals surface area (Å²) in [6.07, 6.45) is 7.67. The number of hydrogen-bond donors (Lipinski definition) is 1. The molecule has 1 N–H and O–H groups in total. The summed E-state index contributed by atoms with van der Waals surface area (Å²) in [5.74, 6) is 1.30. The van der Waals surface area contributed by atoms with Crippen molar-refractivity contribution in [3.05, 3.63) is 23.8 Å². The molecule has 0 aromatic heterocycles. The number of benzene rings is 1. The van der Waals surface area contributed by atoms with Crippen molar-refractivity contribution >= 4 is 9.84 Å². The van der Waals surface area contributed by atoms with E-state index in [1.54, 1.807) is 26.8 Å². The van der Waals surface area contributed by atoms with Crippen molar-refractivity contribution in [2.75, 3.05) is 12.4 Å². The second kappa shape index (κ2) is 10.8. The highest BCUT2D eigenvalue weighted by Crippen LogP contribution is 2.25. The van der Waals surface area contributed by atoms with Gasteiger partial charge < -0.3 is 9.84 Å². The maximum atomic E-state index is 12.0. The number of phenolic OH excluding ortho intramolecular Hbond substituents is 1. The van der Waals surface area contributed by atoms with E-state index in [1.165, 1.54) is 0 Å². The summed E-state index contributed by atoms with van der Waals surface area (Å²) in [5.41, 5.74) is 0.947. The highest BCUT2D eigenvalue weighted by molar-refractivity contribution is 7.92. The molecule has 1 aromatic rings. The smallest absolute Gasteiger partial charge is 0.155 e. The number of phenols is 1. The predicted molar refractivity (Wildman–Crippen MR) is 109 cm³/mol. The van der Waals surface area contributed by atoms with Crippen molar-refractivity contribution in [3.63, 3.8) is 0 Å². The fourth-order valence-electron chi connectivity index (χ4n) is 2.62. The molecule has 0 saturated heterocycles. The summed E-state index contributed by atoms with van der Waals surface area (Å²) in [6, 6.07) is 5.55. The van der Waals surface area contributed by atoms with Crippen LogP contribution in [0.15, 0.2) is 18.2 Å². The Balaban J connectivity index is 2.24. The number of sulfone groups is 1. The third-order valence-electron chi connectivity index (χ3n) is 4.62. The van der Waals surface area contributed by atoms with Gasteiger partial charge in [-0.05, 0) is 58.1 Å². The quantitative estimate of drug-likeness (QED) is 0.498. The molecular formula is C21H36O4S. The SMILES string of the molecule is CCCCOc1ccc(CCCCCCCS(=O)(=O)C(C)(C)C)c(O)c1. The monoisotopic (exact) mass is 384 g/mol. The molecule has 0 heterocycles. The summed E-state index contributed by atoms with van der Waals surface area (Å²) < 4.78 is 29.0. The minimum Gasteiger partial charge on any atom is -0.508 e. The Hall–Kier alpha value is -1.23. The van der Waals surface area contributed by atoms with E-state index < -0.39 is 14.6 Å². The van der Waals surface area contributed by atoms with E-state index in [2.05, 4.69) is 6.92 Å². The number of aromatic hydroxyl groups is 1. The maximum Gasteiger partial charge on any atom is 0.155 e. The van der Waals surface area contributed by atoms with Crippen molar-refractivity contribution in [3.8, 4) is 11.5 Å². The standard InChI is InChI=1S/C21H36O4S/c1-5-6-15-25-19-14-13-18(20(22)17-19)12-10-8-7-9-11-16-26(23,24)21(2,3)4/h13-14,17,22H,5-12,15-16H2,1-4H3. The van der Waals surface area contributed by atoms with Gasteiger partial charge in [0.05, 0.1) is 17.1 Å². The minimum atomic E-state index is -3.00. The second-order valence-electron chi connectivity index (χ2n) is 7.94. The lowest BCUT2D eigenvalue weighted by Gasteiger charge is -2.18. The number of hydrogen-bond acceptors (Lipinski definition) is 4.